The molecule has 0 unspecified atom stereocenters. The van der Waals surface area contributed by atoms with Gasteiger partial charge in [0.15, 0.2) is 0 Å². The fourth-order valence-corrected chi connectivity index (χ4v) is 1.88. The first-order valence-corrected chi connectivity index (χ1v) is 6.06. The van der Waals surface area contributed by atoms with Crippen molar-refractivity contribution in [3.8, 4) is 5.75 Å². The highest BCUT2D eigenvalue weighted by Crippen LogP contribution is 2.38. The molecule has 3 nitrogen and oxygen atoms in total. The van der Waals surface area contributed by atoms with E-state index in [0.717, 1.165) is 13.8 Å². The van der Waals surface area contributed by atoms with E-state index in [9.17, 15) is 4.79 Å². The minimum Gasteiger partial charge on any atom is -0.426 e. The number of anilines is 1. The van der Waals surface area contributed by atoms with Crippen LogP contribution in [0.5, 0.6) is 5.75 Å². The molecular formula is C16H25NO2. The maximum Gasteiger partial charge on any atom is 0.308 e. The van der Waals surface area contributed by atoms with Gasteiger partial charge in [0.1, 0.15) is 5.75 Å². The van der Waals surface area contributed by atoms with Crippen LogP contribution in [0.3, 0.4) is 0 Å². The SMILES string of the molecule is [2H]C([2H])([2H])C(C)(c1cc(C(C)(C)C)c(N)cc1OC(C)=O)C([2H])([2H])[2H]. The minimum absolute atomic E-state index is 0.0816. The number of ether oxygens (including phenoxy) is 1. The van der Waals surface area contributed by atoms with E-state index in [-0.39, 0.29) is 11.3 Å². The quantitative estimate of drug-likeness (QED) is 0.479. The van der Waals surface area contributed by atoms with Crippen LogP contribution in [0.4, 0.5) is 5.69 Å². The molecule has 1 aromatic rings. The van der Waals surface area contributed by atoms with E-state index >= 15 is 0 Å². The lowest BCUT2D eigenvalue weighted by atomic mass is 9.79. The molecule has 19 heavy (non-hydrogen) atoms. The summed E-state index contributed by atoms with van der Waals surface area (Å²) in [5.41, 5.74) is 4.14. The van der Waals surface area contributed by atoms with E-state index in [1.54, 1.807) is 0 Å². The summed E-state index contributed by atoms with van der Waals surface area (Å²) in [4.78, 5) is 11.4. The highest BCUT2D eigenvalue weighted by atomic mass is 16.5. The molecule has 0 saturated carbocycles. The second-order valence-corrected chi connectivity index (χ2v) is 5.90. The molecule has 0 spiro atoms. The molecule has 0 radical (unpaired) electrons. The summed E-state index contributed by atoms with van der Waals surface area (Å²) in [7, 11) is 0. The summed E-state index contributed by atoms with van der Waals surface area (Å²) in [5, 5.41) is 0. The van der Waals surface area contributed by atoms with E-state index in [2.05, 4.69) is 0 Å². The van der Waals surface area contributed by atoms with Crippen LogP contribution in [0.15, 0.2) is 12.1 Å². The maximum atomic E-state index is 11.4. The normalized spacial score (nSPS) is 18.4. The predicted octanol–water partition coefficient (Wildman–Crippen LogP) is 3.79. The number of esters is 1. The van der Waals surface area contributed by atoms with Gasteiger partial charge in [0, 0.05) is 32.5 Å². The number of rotatable bonds is 1. The van der Waals surface area contributed by atoms with E-state index in [4.69, 9.17) is 18.7 Å². The number of carbonyl (C=O) groups is 1. The lowest BCUT2D eigenvalue weighted by Crippen LogP contribution is -2.20. The van der Waals surface area contributed by atoms with Gasteiger partial charge in [-0.15, -0.1) is 0 Å². The Morgan fingerprint density at radius 3 is 2.16 bits per heavy atom. The van der Waals surface area contributed by atoms with E-state index in [0.29, 0.717) is 11.3 Å². The number of nitrogens with two attached hydrogens (primary N) is 1. The molecule has 1 aromatic carbocycles. The molecule has 3 heteroatoms. The van der Waals surface area contributed by atoms with Crippen LogP contribution < -0.4 is 10.5 Å². The zero-order valence-corrected chi connectivity index (χ0v) is 12.0. The molecule has 0 saturated heterocycles. The monoisotopic (exact) mass is 269 g/mol. The van der Waals surface area contributed by atoms with Crippen LogP contribution >= 0.6 is 0 Å². The Bertz CT molecular complexity index is 657. The molecule has 0 fully saturated rings. The summed E-state index contributed by atoms with van der Waals surface area (Å²) in [6.45, 7) is 2.18. The molecule has 0 amide bonds. The smallest absolute Gasteiger partial charge is 0.308 e. The zero-order chi connectivity index (χ0) is 20.0. The van der Waals surface area contributed by atoms with Gasteiger partial charge in [-0.3, -0.25) is 4.79 Å². The average Bonchev–Trinajstić information content (AvgIpc) is 2.32. The van der Waals surface area contributed by atoms with Crippen molar-refractivity contribution in [2.45, 2.75) is 59.2 Å². The summed E-state index contributed by atoms with van der Waals surface area (Å²) in [5.74, 6) is -0.838. The Morgan fingerprint density at radius 1 is 1.16 bits per heavy atom. The summed E-state index contributed by atoms with van der Waals surface area (Å²) in [6, 6.07) is 2.76. The molecule has 0 aromatic heterocycles. The summed E-state index contributed by atoms with van der Waals surface area (Å²) >= 11 is 0. The fraction of sp³-hybridized carbons (Fsp3) is 0.562. The van der Waals surface area contributed by atoms with Gasteiger partial charge in [-0.05, 0) is 22.5 Å². The van der Waals surface area contributed by atoms with Crippen molar-refractivity contribution in [3.05, 3.63) is 23.3 Å². The number of hydrogen-bond acceptors (Lipinski definition) is 3. The van der Waals surface area contributed by atoms with Gasteiger partial charge in [0.25, 0.3) is 0 Å². The van der Waals surface area contributed by atoms with Crippen LogP contribution in [0.1, 0.15) is 67.7 Å². The average molecular weight is 269 g/mol. The summed E-state index contributed by atoms with van der Waals surface area (Å²) < 4.78 is 52.2. The van der Waals surface area contributed by atoms with Crippen molar-refractivity contribution in [2.24, 2.45) is 0 Å². The van der Waals surface area contributed by atoms with Gasteiger partial charge in [-0.2, -0.15) is 0 Å². The van der Waals surface area contributed by atoms with E-state index in [1.165, 1.54) is 12.1 Å². The minimum atomic E-state index is -2.86. The molecule has 0 bridgehead atoms. The Balaban J connectivity index is 3.94. The van der Waals surface area contributed by atoms with E-state index in [1.807, 2.05) is 20.8 Å². The van der Waals surface area contributed by atoms with Crippen molar-refractivity contribution in [2.75, 3.05) is 5.73 Å². The van der Waals surface area contributed by atoms with Gasteiger partial charge < -0.3 is 10.5 Å². The Morgan fingerprint density at radius 2 is 1.74 bits per heavy atom. The molecule has 0 aliphatic rings. The van der Waals surface area contributed by atoms with Crippen molar-refractivity contribution in [1.82, 2.24) is 0 Å². The van der Waals surface area contributed by atoms with Crippen LogP contribution in [-0.2, 0) is 15.6 Å². The first-order chi connectivity index (χ1) is 10.9. The zero-order valence-electron chi connectivity index (χ0n) is 18.0. The highest BCUT2D eigenvalue weighted by Gasteiger charge is 2.25. The molecule has 106 valence electrons. The van der Waals surface area contributed by atoms with Crippen LogP contribution in [0, 0.1) is 0 Å². The highest BCUT2D eigenvalue weighted by molar-refractivity contribution is 5.71. The molecule has 1 rings (SSSR count). The molecule has 2 N–H and O–H groups in total. The Hall–Kier alpha value is -1.51. The molecule has 0 aliphatic carbocycles. The fourth-order valence-electron chi connectivity index (χ4n) is 1.88. The number of benzene rings is 1. The van der Waals surface area contributed by atoms with Crippen LogP contribution in [0.2, 0.25) is 0 Å². The molecule has 0 atom stereocenters. The largest absolute Gasteiger partial charge is 0.426 e. The maximum absolute atomic E-state index is 11.4. The van der Waals surface area contributed by atoms with Crippen molar-refractivity contribution in [1.29, 1.82) is 0 Å². The topological polar surface area (TPSA) is 52.3 Å². The standard InChI is InChI=1S/C16H25NO2/c1-10(18)19-14-9-13(17)11(15(2,3)4)8-12(14)16(5,6)7/h8-9H,17H2,1-7H3/i5D3,6D3. The molecule has 0 heterocycles. The summed E-state index contributed by atoms with van der Waals surface area (Å²) in [6.07, 6.45) is 0. The third-order valence-electron chi connectivity index (χ3n) is 2.75. The number of nitrogen functional groups attached to an aromatic ring is 1. The number of carbonyl (C=O) groups excluding carboxylic acids is 1. The van der Waals surface area contributed by atoms with Gasteiger partial charge in [-0.25, -0.2) is 0 Å². The van der Waals surface area contributed by atoms with Gasteiger partial charge in [0.05, 0.1) is 0 Å². The first-order valence-electron chi connectivity index (χ1n) is 9.06. The van der Waals surface area contributed by atoms with Crippen molar-refractivity contribution < 1.29 is 17.8 Å². The second-order valence-electron chi connectivity index (χ2n) is 5.90. The molecule has 0 aliphatic heterocycles. The van der Waals surface area contributed by atoms with Crippen molar-refractivity contribution in [3.63, 3.8) is 0 Å². The lowest BCUT2D eigenvalue weighted by Gasteiger charge is -2.28. The Labute approximate surface area is 124 Å². The van der Waals surface area contributed by atoms with Gasteiger partial charge >= 0.3 is 5.97 Å². The number of hydrogen-bond donors (Lipinski definition) is 1. The van der Waals surface area contributed by atoms with E-state index < -0.39 is 30.5 Å². The predicted molar refractivity (Wildman–Crippen MR) is 79.6 cm³/mol. The van der Waals surface area contributed by atoms with Gasteiger partial charge in [-0.1, -0.05) is 41.4 Å². The molecular weight excluding hydrogens is 238 g/mol. The third-order valence-corrected chi connectivity index (χ3v) is 2.75. The lowest BCUT2D eigenvalue weighted by molar-refractivity contribution is -0.131. The Kier molecular flexibility index (Phi) is 2.21. The third kappa shape index (κ3) is 3.72. The second kappa shape index (κ2) is 4.87. The first kappa shape index (κ1) is 8.62. The van der Waals surface area contributed by atoms with Gasteiger partial charge in [0.2, 0.25) is 0 Å². The van der Waals surface area contributed by atoms with Crippen LogP contribution in [-0.4, -0.2) is 5.97 Å². The van der Waals surface area contributed by atoms with Crippen molar-refractivity contribution >= 4 is 11.7 Å². The van der Waals surface area contributed by atoms with Crippen LogP contribution in [0.25, 0.3) is 0 Å².